The van der Waals surface area contributed by atoms with Crippen LogP contribution >= 0.6 is 0 Å². The number of aromatic amines is 1. The van der Waals surface area contributed by atoms with Gasteiger partial charge in [-0.15, -0.1) is 0 Å². The zero-order chi connectivity index (χ0) is 14.2. The Morgan fingerprint density at radius 1 is 1.32 bits per heavy atom. The molecule has 0 spiro atoms. The SMILES string of the molecule is Cc1n[nH]c(C)c1S(=O)(=O)N(C)C1CCCCC1O. The van der Waals surface area contributed by atoms with Crippen molar-refractivity contribution in [1.29, 1.82) is 0 Å². The standard InChI is InChI=1S/C12H21N3O3S/c1-8-12(9(2)14-13-8)19(17,18)15(3)10-6-4-5-7-11(10)16/h10-11,16H,4-7H2,1-3H3,(H,13,14). The lowest BCUT2D eigenvalue weighted by Crippen LogP contribution is -2.46. The van der Waals surface area contributed by atoms with E-state index in [-0.39, 0.29) is 10.9 Å². The highest BCUT2D eigenvalue weighted by molar-refractivity contribution is 7.89. The Labute approximate surface area is 113 Å². The van der Waals surface area contributed by atoms with Gasteiger partial charge in [-0.1, -0.05) is 12.8 Å². The summed E-state index contributed by atoms with van der Waals surface area (Å²) in [5.74, 6) is 0. The summed E-state index contributed by atoms with van der Waals surface area (Å²) in [7, 11) is -2.07. The molecule has 2 unspecified atom stereocenters. The molecular formula is C12H21N3O3S. The third-order valence-electron chi connectivity index (χ3n) is 3.86. The van der Waals surface area contributed by atoms with Crippen LogP contribution < -0.4 is 0 Å². The fraction of sp³-hybridized carbons (Fsp3) is 0.750. The first kappa shape index (κ1) is 14.5. The monoisotopic (exact) mass is 287 g/mol. The number of aromatic nitrogens is 2. The first-order valence-corrected chi connectivity index (χ1v) is 7.97. The number of nitrogens with one attached hydrogen (secondary N) is 1. The normalized spacial score (nSPS) is 24.9. The van der Waals surface area contributed by atoms with Crippen LogP contribution in [0.5, 0.6) is 0 Å². The first-order valence-electron chi connectivity index (χ1n) is 6.53. The Bertz CT molecular complexity index is 533. The second-order valence-electron chi connectivity index (χ2n) is 5.20. The van der Waals surface area contributed by atoms with Crippen molar-refractivity contribution in [3.05, 3.63) is 11.4 Å². The van der Waals surface area contributed by atoms with Gasteiger partial charge in [-0.25, -0.2) is 8.42 Å². The number of hydrogen-bond donors (Lipinski definition) is 2. The van der Waals surface area contributed by atoms with Gasteiger partial charge in [-0.2, -0.15) is 9.40 Å². The van der Waals surface area contributed by atoms with Crippen LogP contribution in [0.4, 0.5) is 0 Å². The highest BCUT2D eigenvalue weighted by Gasteiger charge is 2.36. The minimum atomic E-state index is -3.61. The summed E-state index contributed by atoms with van der Waals surface area (Å²) in [5.41, 5.74) is 1.00. The molecule has 1 aromatic heterocycles. The molecule has 1 heterocycles. The highest BCUT2D eigenvalue weighted by atomic mass is 32.2. The maximum Gasteiger partial charge on any atom is 0.246 e. The number of nitrogens with zero attached hydrogens (tertiary/aromatic N) is 2. The molecule has 1 aromatic rings. The molecule has 2 N–H and O–H groups in total. The Morgan fingerprint density at radius 2 is 1.95 bits per heavy atom. The van der Waals surface area contributed by atoms with Crippen LogP contribution in [0.1, 0.15) is 37.1 Å². The second-order valence-corrected chi connectivity index (χ2v) is 7.14. The van der Waals surface area contributed by atoms with Crippen LogP contribution in [-0.4, -0.2) is 47.2 Å². The Morgan fingerprint density at radius 3 is 2.47 bits per heavy atom. The fourth-order valence-electron chi connectivity index (χ4n) is 2.76. The van der Waals surface area contributed by atoms with Gasteiger partial charge in [0.05, 0.1) is 23.5 Å². The van der Waals surface area contributed by atoms with Gasteiger partial charge in [0, 0.05) is 7.05 Å². The van der Waals surface area contributed by atoms with E-state index in [0.29, 0.717) is 24.2 Å². The molecule has 108 valence electrons. The molecule has 1 saturated carbocycles. The smallest absolute Gasteiger partial charge is 0.246 e. The summed E-state index contributed by atoms with van der Waals surface area (Å²) in [4.78, 5) is 0.229. The average Bonchev–Trinajstić information content (AvgIpc) is 2.69. The lowest BCUT2D eigenvalue weighted by atomic mass is 9.93. The van der Waals surface area contributed by atoms with E-state index in [1.807, 2.05) is 0 Å². The van der Waals surface area contributed by atoms with Crippen molar-refractivity contribution in [2.45, 2.75) is 56.6 Å². The lowest BCUT2D eigenvalue weighted by Gasteiger charge is -2.34. The summed E-state index contributed by atoms with van der Waals surface area (Å²) in [5, 5.41) is 16.6. The fourth-order valence-corrected chi connectivity index (χ4v) is 4.50. The van der Waals surface area contributed by atoms with Crippen molar-refractivity contribution in [3.8, 4) is 0 Å². The van der Waals surface area contributed by atoms with Crippen molar-refractivity contribution in [3.63, 3.8) is 0 Å². The summed E-state index contributed by atoms with van der Waals surface area (Å²) in [6.07, 6.45) is 2.68. The summed E-state index contributed by atoms with van der Waals surface area (Å²) in [6, 6.07) is -0.340. The van der Waals surface area contributed by atoms with Gasteiger partial charge in [0.15, 0.2) is 0 Å². The number of aryl methyl sites for hydroxylation is 2. The largest absolute Gasteiger partial charge is 0.391 e. The van der Waals surface area contributed by atoms with E-state index in [4.69, 9.17) is 0 Å². The molecule has 0 aromatic carbocycles. The molecule has 1 aliphatic rings. The number of likely N-dealkylation sites (N-methyl/N-ethyl adjacent to an activating group) is 1. The number of aliphatic hydroxyl groups is 1. The molecule has 0 bridgehead atoms. The van der Waals surface area contributed by atoms with E-state index in [1.165, 1.54) is 4.31 Å². The molecule has 7 heteroatoms. The lowest BCUT2D eigenvalue weighted by molar-refractivity contribution is 0.0637. The molecule has 2 atom stereocenters. The Kier molecular flexibility index (Phi) is 3.98. The van der Waals surface area contributed by atoms with Crippen molar-refractivity contribution < 1.29 is 13.5 Å². The van der Waals surface area contributed by atoms with Crippen molar-refractivity contribution in [2.24, 2.45) is 0 Å². The summed E-state index contributed by atoms with van der Waals surface area (Å²) in [6.45, 7) is 3.36. The van der Waals surface area contributed by atoms with E-state index in [0.717, 1.165) is 12.8 Å². The predicted octanol–water partition coefficient (Wildman–Crippen LogP) is 0.951. The predicted molar refractivity (Wildman–Crippen MR) is 71.3 cm³/mol. The van der Waals surface area contributed by atoms with Gasteiger partial charge in [0.2, 0.25) is 10.0 Å². The molecule has 6 nitrogen and oxygen atoms in total. The number of hydrogen-bond acceptors (Lipinski definition) is 4. The summed E-state index contributed by atoms with van der Waals surface area (Å²) >= 11 is 0. The van der Waals surface area contributed by atoms with Crippen LogP contribution in [0.3, 0.4) is 0 Å². The molecule has 0 aliphatic heterocycles. The molecule has 0 amide bonds. The first-order chi connectivity index (χ1) is 8.85. The molecule has 0 radical (unpaired) electrons. The average molecular weight is 287 g/mol. The van der Waals surface area contributed by atoms with Crippen LogP contribution in [0.15, 0.2) is 4.90 Å². The zero-order valence-corrected chi connectivity index (χ0v) is 12.4. The van der Waals surface area contributed by atoms with Gasteiger partial charge in [0.25, 0.3) is 0 Å². The maximum atomic E-state index is 12.6. The summed E-state index contributed by atoms with van der Waals surface area (Å²) < 4.78 is 26.6. The molecule has 1 fully saturated rings. The van der Waals surface area contributed by atoms with Crippen LogP contribution in [0, 0.1) is 13.8 Å². The van der Waals surface area contributed by atoms with Crippen LogP contribution in [0.2, 0.25) is 0 Å². The molecule has 1 aliphatic carbocycles. The zero-order valence-electron chi connectivity index (χ0n) is 11.5. The molecular weight excluding hydrogens is 266 g/mol. The van der Waals surface area contributed by atoms with Crippen LogP contribution in [-0.2, 0) is 10.0 Å². The van der Waals surface area contributed by atoms with Gasteiger partial charge in [-0.3, -0.25) is 5.10 Å². The maximum absolute atomic E-state index is 12.6. The van der Waals surface area contributed by atoms with Gasteiger partial charge >= 0.3 is 0 Å². The van der Waals surface area contributed by atoms with E-state index < -0.39 is 16.1 Å². The van der Waals surface area contributed by atoms with Crippen LogP contribution in [0.25, 0.3) is 0 Å². The number of sulfonamides is 1. The molecule has 2 rings (SSSR count). The minimum Gasteiger partial charge on any atom is -0.391 e. The Hall–Kier alpha value is -0.920. The second kappa shape index (κ2) is 5.22. The number of aliphatic hydroxyl groups excluding tert-OH is 1. The molecule has 0 saturated heterocycles. The van der Waals surface area contributed by atoms with Crippen molar-refractivity contribution in [1.82, 2.24) is 14.5 Å². The van der Waals surface area contributed by atoms with Gasteiger partial charge < -0.3 is 5.11 Å². The van der Waals surface area contributed by atoms with E-state index in [1.54, 1.807) is 20.9 Å². The highest BCUT2D eigenvalue weighted by Crippen LogP contribution is 2.28. The van der Waals surface area contributed by atoms with E-state index in [9.17, 15) is 13.5 Å². The van der Waals surface area contributed by atoms with E-state index in [2.05, 4.69) is 10.2 Å². The molecule has 19 heavy (non-hydrogen) atoms. The van der Waals surface area contributed by atoms with Crippen molar-refractivity contribution in [2.75, 3.05) is 7.05 Å². The Balaban J connectivity index is 2.34. The topological polar surface area (TPSA) is 86.3 Å². The number of H-pyrrole nitrogens is 1. The van der Waals surface area contributed by atoms with Gasteiger partial charge in [-0.05, 0) is 26.7 Å². The van der Waals surface area contributed by atoms with Gasteiger partial charge in [0.1, 0.15) is 4.90 Å². The quantitative estimate of drug-likeness (QED) is 0.866. The third-order valence-corrected chi connectivity index (χ3v) is 6.01. The third kappa shape index (κ3) is 2.54. The van der Waals surface area contributed by atoms with Crippen molar-refractivity contribution >= 4 is 10.0 Å². The minimum absolute atomic E-state index is 0.229. The van der Waals surface area contributed by atoms with E-state index >= 15 is 0 Å². The number of rotatable bonds is 3.